The van der Waals surface area contributed by atoms with Crippen molar-refractivity contribution in [3.63, 3.8) is 0 Å². The van der Waals surface area contributed by atoms with E-state index in [4.69, 9.17) is 9.47 Å². The molecular formula is C21H27N3O3. The molecule has 1 aliphatic heterocycles. The van der Waals surface area contributed by atoms with E-state index in [1.54, 1.807) is 32.4 Å². The zero-order valence-electron chi connectivity index (χ0n) is 16.2. The van der Waals surface area contributed by atoms with Gasteiger partial charge in [-0.25, -0.2) is 0 Å². The van der Waals surface area contributed by atoms with Crippen molar-refractivity contribution < 1.29 is 14.3 Å². The summed E-state index contributed by atoms with van der Waals surface area (Å²) in [7, 11) is 5.28. The third kappa shape index (κ3) is 4.99. The number of carbonyl (C=O) groups excluding carboxylic acids is 1. The molecule has 0 atom stereocenters. The topological polar surface area (TPSA) is 54.0 Å². The molecule has 1 saturated heterocycles. The first-order valence-electron chi connectivity index (χ1n) is 9.12. The highest BCUT2D eigenvalue weighted by atomic mass is 16.5. The van der Waals surface area contributed by atoms with Crippen LogP contribution >= 0.6 is 0 Å². The molecule has 1 N–H and O–H groups in total. The van der Waals surface area contributed by atoms with Gasteiger partial charge >= 0.3 is 0 Å². The Bertz CT molecular complexity index is 769. The molecule has 3 rings (SSSR count). The zero-order valence-corrected chi connectivity index (χ0v) is 16.2. The third-order valence-electron chi connectivity index (χ3n) is 4.86. The molecule has 0 spiro atoms. The average Bonchev–Trinajstić information content (AvgIpc) is 2.70. The molecule has 6 heteroatoms. The van der Waals surface area contributed by atoms with Crippen molar-refractivity contribution in [2.24, 2.45) is 0 Å². The summed E-state index contributed by atoms with van der Waals surface area (Å²) in [6, 6.07) is 13.2. The normalized spacial score (nSPS) is 15.4. The second-order valence-corrected chi connectivity index (χ2v) is 6.80. The Morgan fingerprint density at radius 3 is 2.26 bits per heavy atom. The summed E-state index contributed by atoms with van der Waals surface area (Å²) in [5.41, 5.74) is 2.55. The van der Waals surface area contributed by atoms with Crippen LogP contribution in [0.1, 0.15) is 15.9 Å². The van der Waals surface area contributed by atoms with Crippen LogP contribution in [0, 0.1) is 0 Å². The van der Waals surface area contributed by atoms with E-state index in [2.05, 4.69) is 34.3 Å². The number of carbonyl (C=O) groups is 1. The number of anilines is 1. The number of nitrogens with one attached hydrogen (secondary N) is 1. The van der Waals surface area contributed by atoms with Gasteiger partial charge in [-0.2, -0.15) is 0 Å². The van der Waals surface area contributed by atoms with Crippen LogP contribution in [-0.2, 0) is 6.54 Å². The molecule has 6 nitrogen and oxygen atoms in total. The van der Waals surface area contributed by atoms with Crippen molar-refractivity contribution >= 4 is 11.6 Å². The maximum Gasteiger partial charge on any atom is 0.255 e. The van der Waals surface area contributed by atoms with Crippen molar-refractivity contribution in [3.05, 3.63) is 53.6 Å². The summed E-state index contributed by atoms with van der Waals surface area (Å²) in [6.07, 6.45) is 0. The highest BCUT2D eigenvalue weighted by Gasteiger charge is 2.14. The molecule has 144 valence electrons. The van der Waals surface area contributed by atoms with E-state index in [0.29, 0.717) is 17.1 Å². The fourth-order valence-electron chi connectivity index (χ4n) is 3.14. The molecule has 1 fully saturated rings. The van der Waals surface area contributed by atoms with Gasteiger partial charge in [-0.3, -0.25) is 9.69 Å². The first kappa shape index (κ1) is 19.2. The van der Waals surface area contributed by atoms with Gasteiger partial charge in [0.2, 0.25) is 0 Å². The molecule has 0 saturated carbocycles. The van der Waals surface area contributed by atoms with E-state index in [0.717, 1.165) is 38.4 Å². The van der Waals surface area contributed by atoms with Gasteiger partial charge in [-0.1, -0.05) is 12.1 Å². The van der Waals surface area contributed by atoms with Crippen LogP contribution in [0.25, 0.3) is 0 Å². The van der Waals surface area contributed by atoms with Crippen molar-refractivity contribution in [3.8, 4) is 11.5 Å². The molecule has 0 unspecified atom stereocenters. The largest absolute Gasteiger partial charge is 0.493 e. The Morgan fingerprint density at radius 2 is 1.63 bits per heavy atom. The molecule has 1 amide bonds. The maximum atomic E-state index is 12.5. The fourth-order valence-corrected chi connectivity index (χ4v) is 3.14. The number of benzene rings is 2. The molecule has 0 radical (unpaired) electrons. The predicted molar refractivity (Wildman–Crippen MR) is 107 cm³/mol. The summed E-state index contributed by atoms with van der Waals surface area (Å²) in [4.78, 5) is 17.3. The Labute approximate surface area is 160 Å². The Balaban J connectivity index is 1.60. The predicted octanol–water partition coefficient (Wildman–Crippen LogP) is 2.70. The lowest BCUT2D eigenvalue weighted by atomic mass is 10.1. The number of hydrogen-bond acceptors (Lipinski definition) is 5. The summed E-state index contributed by atoms with van der Waals surface area (Å²) in [5, 5.41) is 2.93. The number of hydrogen-bond donors (Lipinski definition) is 1. The van der Waals surface area contributed by atoms with Crippen LogP contribution in [-0.4, -0.2) is 63.2 Å². The number of nitrogens with zero attached hydrogens (tertiary/aromatic N) is 2. The van der Waals surface area contributed by atoms with E-state index in [1.165, 1.54) is 5.56 Å². The lowest BCUT2D eigenvalue weighted by molar-refractivity contribution is 0.102. The summed E-state index contributed by atoms with van der Waals surface area (Å²) in [5.74, 6) is 0.956. The average molecular weight is 369 g/mol. The van der Waals surface area contributed by atoms with Crippen molar-refractivity contribution in [1.29, 1.82) is 0 Å². The van der Waals surface area contributed by atoms with E-state index in [-0.39, 0.29) is 5.91 Å². The minimum Gasteiger partial charge on any atom is -0.493 e. The second-order valence-electron chi connectivity index (χ2n) is 6.80. The molecule has 2 aromatic rings. The van der Waals surface area contributed by atoms with Crippen LogP contribution in [0.15, 0.2) is 42.5 Å². The van der Waals surface area contributed by atoms with Crippen LogP contribution in [0.2, 0.25) is 0 Å². The van der Waals surface area contributed by atoms with E-state index in [9.17, 15) is 4.79 Å². The molecule has 0 aliphatic carbocycles. The quantitative estimate of drug-likeness (QED) is 0.849. The number of rotatable bonds is 6. The SMILES string of the molecule is COc1ccc(C(=O)Nc2ccc(CN3CCN(C)CC3)cc2)cc1OC. The Hall–Kier alpha value is -2.57. The first-order chi connectivity index (χ1) is 13.1. The van der Waals surface area contributed by atoms with Crippen molar-refractivity contribution in [1.82, 2.24) is 9.80 Å². The van der Waals surface area contributed by atoms with Gasteiger partial charge in [0.1, 0.15) is 0 Å². The number of ether oxygens (including phenoxy) is 2. The van der Waals surface area contributed by atoms with Crippen LogP contribution < -0.4 is 14.8 Å². The number of likely N-dealkylation sites (N-methyl/N-ethyl adjacent to an activating group) is 1. The van der Waals surface area contributed by atoms with E-state index >= 15 is 0 Å². The van der Waals surface area contributed by atoms with E-state index < -0.39 is 0 Å². The maximum absolute atomic E-state index is 12.5. The van der Waals surface area contributed by atoms with Gasteiger partial charge in [0.05, 0.1) is 14.2 Å². The second kappa shape index (κ2) is 8.88. The number of amides is 1. The smallest absolute Gasteiger partial charge is 0.255 e. The standard InChI is InChI=1S/C21H27N3O3/c1-23-10-12-24(13-11-23)15-16-4-7-18(8-5-16)22-21(25)17-6-9-19(26-2)20(14-17)27-3/h4-9,14H,10-13,15H2,1-3H3,(H,22,25). The zero-order chi connectivity index (χ0) is 19.2. The van der Waals surface area contributed by atoms with Crippen LogP contribution in [0.4, 0.5) is 5.69 Å². The third-order valence-corrected chi connectivity index (χ3v) is 4.86. The summed E-state index contributed by atoms with van der Waals surface area (Å²) >= 11 is 0. The molecule has 1 heterocycles. The molecule has 0 bridgehead atoms. The van der Waals surface area contributed by atoms with Crippen LogP contribution in [0.3, 0.4) is 0 Å². The molecule has 2 aromatic carbocycles. The highest BCUT2D eigenvalue weighted by Crippen LogP contribution is 2.27. The fraction of sp³-hybridized carbons (Fsp3) is 0.381. The summed E-state index contributed by atoms with van der Waals surface area (Å²) in [6.45, 7) is 5.35. The lowest BCUT2D eigenvalue weighted by Gasteiger charge is -2.32. The minimum atomic E-state index is -0.178. The van der Waals surface area contributed by atoms with Gasteiger partial charge < -0.3 is 19.7 Å². The number of methoxy groups -OCH3 is 2. The van der Waals surface area contributed by atoms with E-state index in [1.807, 2.05) is 12.1 Å². The minimum absolute atomic E-state index is 0.178. The first-order valence-corrected chi connectivity index (χ1v) is 9.12. The molecule has 1 aliphatic rings. The van der Waals surface area contributed by atoms with Gasteiger partial charge in [0, 0.05) is 44.0 Å². The highest BCUT2D eigenvalue weighted by molar-refractivity contribution is 6.04. The van der Waals surface area contributed by atoms with Crippen molar-refractivity contribution in [2.75, 3.05) is 52.8 Å². The van der Waals surface area contributed by atoms with Gasteiger partial charge in [-0.15, -0.1) is 0 Å². The monoisotopic (exact) mass is 369 g/mol. The molecule has 27 heavy (non-hydrogen) atoms. The van der Waals surface area contributed by atoms with Crippen molar-refractivity contribution in [2.45, 2.75) is 6.54 Å². The van der Waals surface area contributed by atoms with Gasteiger partial charge in [-0.05, 0) is 42.9 Å². The van der Waals surface area contributed by atoms with Crippen LogP contribution in [0.5, 0.6) is 11.5 Å². The van der Waals surface area contributed by atoms with Gasteiger partial charge in [0.15, 0.2) is 11.5 Å². The molecular weight excluding hydrogens is 342 g/mol. The Kier molecular flexibility index (Phi) is 6.32. The summed E-state index contributed by atoms with van der Waals surface area (Å²) < 4.78 is 10.5. The lowest BCUT2D eigenvalue weighted by Crippen LogP contribution is -2.43. The molecule has 0 aromatic heterocycles. The number of piperazine rings is 1. The van der Waals surface area contributed by atoms with Gasteiger partial charge in [0.25, 0.3) is 5.91 Å². The Morgan fingerprint density at radius 1 is 0.963 bits per heavy atom.